The van der Waals surface area contributed by atoms with Crippen LogP contribution < -0.4 is 0 Å². The fourth-order valence-electron chi connectivity index (χ4n) is 3.48. The highest BCUT2D eigenvalue weighted by molar-refractivity contribution is 5.97. The van der Waals surface area contributed by atoms with E-state index in [9.17, 15) is 9.59 Å². The van der Waals surface area contributed by atoms with Gasteiger partial charge in [0.15, 0.2) is 0 Å². The highest BCUT2D eigenvalue weighted by Gasteiger charge is 2.48. The normalized spacial score (nSPS) is 27.3. The molecule has 2 saturated heterocycles. The van der Waals surface area contributed by atoms with Crippen LogP contribution in [0.5, 0.6) is 0 Å². The van der Waals surface area contributed by atoms with Gasteiger partial charge >= 0.3 is 0 Å². The number of hydrogen-bond donors (Lipinski definition) is 0. The molecule has 2 rings (SSSR count). The molecule has 2 fully saturated rings. The number of fused-ring (bicyclic) bond motifs is 1. The molecule has 2 heterocycles. The first-order valence-electron chi connectivity index (χ1n) is 8.39. The molecule has 21 heavy (non-hydrogen) atoms. The molecule has 0 N–H and O–H groups in total. The molecule has 0 radical (unpaired) electrons. The van der Waals surface area contributed by atoms with Gasteiger partial charge in [-0.25, -0.2) is 0 Å². The van der Waals surface area contributed by atoms with Crippen LogP contribution in [0.2, 0.25) is 0 Å². The van der Waals surface area contributed by atoms with E-state index < -0.39 is 0 Å². The van der Waals surface area contributed by atoms with Gasteiger partial charge in [-0.05, 0) is 37.0 Å². The first-order valence-corrected chi connectivity index (χ1v) is 8.39. The van der Waals surface area contributed by atoms with Gasteiger partial charge in [-0.2, -0.15) is 0 Å². The summed E-state index contributed by atoms with van der Waals surface area (Å²) in [7, 11) is 0. The van der Waals surface area contributed by atoms with E-state index in [1.54, 1.807) is 0 Å². The van der Waals surface area contributed by atoms with E-state index in [0.717, 1.165) is 32.2 Å². The van der Waals surface area contributed by atoms with Crippen molar-refractivity contribution in [3.8, 4) is 0 Å². The van der Waals surface area contributed by atoms with Gasteiger partial charge in [0.05, 0.1) is 0 Å². The van der Waals surface area contributed by atoms with Crippen LogP contribution in [0.15, 0.2) is 0 Å². The number of carbonyl (C=O) groups is 2. The number of piperidine rings is 1. The molecule has 2 aliphatic rings. The van der Waals surface area contributed by atoms with Gasteiger partial charge in [-0.15, -0.1) is 0 Å². The molecule has 0 aromatic rings. The van der Waals surface area contributed by atoms with E-state index in [1.807, 2.05) is 23.6 Å². The van der Waals surface area contributed by atoms with Crippen molar-refractivity contribution in [1.82, 2.24) is 9.80 Å². The minimum Gasteiger partial charge on any atom is -0.329 e. The van der Waals surface area contributed by atoms with E-state index in [4.69, 9.17) is 0 Å². The van der Waals surface area contributed by atoms with Crippen molar-refractivity contribution in [3.63, 3.8) is 0 Å². The van der Waals surface area contributed by atoms with Gasteiger partial charge in [0.25, 0.3) is 0 Å². The van der Waals surface area contributed by atoms with Crippen molar-refractivity contribution in [2.45, 2.75) is 72.4 Å². The molecular weight excluding hydrogens is 264 g/mol. The predicted octanol–water partition coefficient (Wildman–Crippen LogP) is 2.67. The summed E-state index contributed by atoms with van der Waals surface area (Å²) < 4.78 is 0. The van der Waals surface area contributed by atoms with E-state index in [-0.39, 0.29) is 35.2 Å². The van der Waals surface area contributed by atoms with E-state index in [0.29, 0.717) is 6.54 Å². The first kappa shape index (κ1) is 16.3. The van der Waals surface area contributed by atoms with Crippen LogP contribution in [0.1, 0.15) is 60.3 Å². The van der Waals surface area contributed by atoms with Crippen LogP contribution in [0.4, 0.5) is 0 Å². The van der Waals surface area contributed by atoms with Crippen molar-refractivity contribution in [3.05, 3.63) is 0 Å². The number of hydrogen-bond acceptors (Lipinski definition) is 2. The molecule has 0 aromatic heterocycles. The number of rotatable bonds is 4. The second-order valence-electron chi connectivity index (χ2n) is 7.72. The maximum absolute atomic E-state index is 12.9. The minimum atomic E-state index is -0.280. The molecule has 2 amide bonds. The summed E-state index contributed by atoms with van der Waals surface area (Å²) in [5, 5.41) is 0. The Bertz CT molecular complexity index is 417. The van der Waals surface area contributed by atoms with Crippen LogP contribution >= 0.6 is 0 Å². The second kappa shape index (κ2) is 5.98. The van der Waals surface area contributed by atoms with Crippen LogP contribution in [-0.4, -0.2) is 46.8 Å². The zero-order valence-electron chi connectivity index (χ0n) is 14.2. The summed E-state index contributed by atoms with van der Waals surface area (Å²) in [4.78, 5) is 29.6. The average molecular weight is 294 g/mol. The SMILES string of the molecule is CCC(C)(C)CN1C(=O)C2CCCCN2C(=O)C1C(C)C. The predicted molar refractivity (Wildman–Crippen MR) is 83.8 cm³/mol. The number of carbonyl (C=O) groups excluding carboxylic acids is 2. The van der Waals surface area contributed by atoms with Crippen LogP contribution in [0.25, 0.3) is 0 Å². The molecule has 0 bridgehead atoms. The monoisotopic (exact) mass is 294 g/mol. The second-order valence-corrected chi connectivity index (χ2v) is 7.72. The lowest BCUT2D eigenvalue weighted by Gasteiger charge is -2.50. The molecule has 4 nitrogen and oxygen atoms in total. The number of nitrogens with zero attached hydrogens (tertiary/aromatic N) is 2. The van der Waals surface area contributed by atoms with Crippen LogP contribution in [-0.2, 0) is 9.59 Å². The van der Waals surface area contributed by atoms with Gasteiger partial charge in [0.2, 0.25) is 11.8 Å². The third-order valence-corrected chi connectivity index (χ3v) is 5.13. The Hall–Kier alpha value is -1.06. The van der Waals surface area contributed by atoms with Gasteiger partial charge in [-0.3, -0.25) is 9.59 Å². The third-order valence-electron chi connectivity index (χ3n) is 5.13. The van der Waals surface area contributed by atoms with Crippen molar-refractivity contribution >= 4 is 11.8 Å². The fourth-order valence-corrected chi connectivity index (χ4v) is 3.48. The Morgan fingerprint density at radius 2 is 1.86 bits per heavy atom. The molecule has 0 spiro atoms. The average Bonchev–Trinajstić information content (AvgIpc) is 2.44. The van der Waals surface area contributed by atoms with Crippen LogP contribution in [0, 0.1) is 11.3 Å². The summed E-state index contributed by atoms with van der Waals surface area (Å²) in [6, 6.07) is -0.480. The highest BCUT2D eigenvalue weighted by atomic mass is 16.2. The lowest BCUT2D eigenvalue weighted by molar-refractivity contribution is -0.167. The summed E-state index contributed by atoms with van der Waals surface area (Å²) in [6.45, 7) is 12.0. The largest absolute Gasteiger partial charge is 0.329 e. The molecule has 0 saturated carbocycles. The van der Waals surface area contributed by atoms with E-state index in [2.05, 4.69) is 20.8 Å². The topological polar surface area (TPSA) is 40.6 Å². The van der Waals surface area contributed by atoms with Gasteiger partial charge in [-0.1, -0.05) is 34.6 Å². The Balaban J connectivity index is 2.30. The zero-order valence-corrected chi connectivity index (χ0v) is 14.2. The molecule has 2 atom stereocenters. The number of amides is 2. The zero-order chi connectivity index (χ0) is 15.8. The summed E-state index contributed by atoms with van der Waals surface area (Å²) >= 11 is 0. The smallest absolute Gasteiger partial charge is 0.246 e. The Morgan fingerprint density at radius 1 is 1.19 bits per heavy atom. The van der Waals surface area contributed by atoms with Gasteiger partial charge in [0.1, 0.15) is 12.1 Å². The minimum absolute atomic E-state index is 0.0555. The van der Waals surface area contributed by atoms with Gasteiger partial charge in [0, 0.05) is 13.1 Å². The van der Waals surface area contributed by atoms with Crippen LogP contribution in [0.3, 0.4) is 0 Å². The van der Waals surface area contributed by atoms with Crippen molar-refractivity contribution in [2.75, 3.05) is 13.1 Å². The summed E-state index contributed by atoms with van der Waals surface area (Å²) in [5.41, 5.74) is 0.0555. The molecule has 4 heteroatoms. The Kier molecular flexibility index (Phi) is 4.64. The van der Waals surface area contributed by atoms with Crippen molar-refractivity contribution in [1.29, 1.82) is 0 Å². The molecular formula is C17H30N2O2. The van der Waals surface area contributed by atoms with Crippen molar-refractivity contribution < 1.29 is 9.59 Å². The van der Waals surface area contributed by atoms with E-state index >= 15 is 0 Å². The highest BCUT2D eigenvalue weighted by Crippen LogP contribution is 2.32. The summed E-state index contributed by atoms with van der Waals surface area (Å²) in [6.07, 6.45) is 3.92. The quantitative estimate of drug-likeness (QED) is 0.800. The maximum atomic E-state index is 12.9. The number of piperazine rings is 1. The lowest BCUT2D eigenvalue weighted by Crippen LogP contribution is -2.68. The molecule has 2 aliphatic heterocycles. The maximum Gasteiger partial charge on any atom is 0.246 e. The molecule has 0 aromatic carbocycles. The standard InChI is InChI=1S/C17H30N2O2/c1-6-17(4,5)11-19-14(12(2)3)16(21)18-10-8-7-9-13(18)15(19)20/h12-14H,6-11H2,1-5H3. The van der Waals surface area contributed by atoms with E-state index in [1.165, 1.54) is 0 Å². The molecule has 2 unspecified atom stereocenters. The molecule has 0 aliphatic carbocycles. The fraction of sp³-hybridized carbons (Fsp3) is 0.882. The first-order chi connectivity index (χ1) is 9.78. The Morgan fingerprint density at radius 3 is 2.43 bits per heavy atom. The Labute approximate surface area is 128 Å². The lowest BCUT2D eigenvalue weighted by atomic mass is 9.85. The molecule has 120 valence electrons. The van der Waals surface area contributed by atoms with Crippen molar-refractivity contribution in [2.24, 2.45) is 11.3 Å². The third kappa shape index (κ3) is 3.09. The van der Waals surface area contributed by atoms with Gasteiger partial charge < -0.3 is 9.80 Å². The summed E-state index contributed by atoms with van der Waals surface area (Å²) in [5.74, 6) is 0.507.